The van der Waals surface area contributed by atoms with E-state index >= 15 is 0 Å². The lowest BCUT2D eigenvalue weighted by Gasteiger charge is -2.17. The van der Waals surface area contributed by atoms with Crippen LogP contribution in [0.25, 0.3) is 0 Å². The first kappa shape index (κ1) is 18.7. The average molecular weight is 363 g/mol. The van der Waals surface area contributed by atoms with Gasteiger partial charge in [-0.2, -0.15) is 11.8 Å². The molecule has 1 unspecified atom stereocenters. The molecule has 0 bridgehead atoms. The Balaban J connectivity index is 2.01. The average Bonchev–Trinajstić information content (AvgIpc) is 2.64. The number of ether oxygens (including phenoxy) is 2. The number of benzene rings is 2. The van der Waals surface area contributed by atoms with Crippen LogP contribution in [-0.4, -0.2) is 31.7 Å². The molecule has 0 saturated heterocycles. The number of thioether (sulfide) groups is 2. The molecule has 2 aromatic rings. The minimum atomic E-state index is -0.170. The molecule has 0 fully saturated rings. The molecule has 0 amide bonds. The summed E-state index contributed by atoms with van der Waals surface area (Å²) >= 11 is 3.44. The minimum absolute atomic E-state index is 0.170. The predicted molar refractivity (Wildman–Crippen MR) is 102 cm³/mol. The molecule has 0 radical (unpaired) electrons. The third-order valence-electron chi connectivity index (χ3n) is 3.46. The van der Waals surface area contributed by atoms with Crippen molar-refractivity contribution in [1.82, 2.24) is 0 Å². The summed E-state index contributed by atoms with van der Waals surface area (Å²) in [5.41, 5.74) is 1.30. The van der Waals surface area contributed by atoms with Crippen LogP contribution >= 0.6 is 23.5 Å². The summed E-state index contributed by atoms with van der Waals surface area (Å²) in [5.74, 6) is 2.01. The smallest absolute Gasteiger partial charge is 0.315 e. The van der Waals surface area contributed by atoms with Crippen molar-refractivity contribution in [2.24, 2.45) is 0 Å². The maximum Gasteiger partial charge on any atom is 0.315 e. The van der Waals surface area contributed by atoms with Gasteiger partial charge >= 0.3 is 5.97 Å². The maximum absolute atomic E-state index is 11.2. The fraction of sp³-hybridized carbons (Fsp3) is 0.316. The molecule has 0 saturated carbocycles. The van der Waals surface area contributed by atoms with E-state index in [1.807, 2.05) is 30.0 Å². The molecule has 0 spiro atoms. The number of carbonyl (C=O) groups excluding carboxylic acids is 1. The van der Waals surface area contributed by atoms with E-state index in [1.54, 1.807) is 18.9 Å². The zero-order valence-corrected chi connectivity index (χ0v) is 15.6. The lowest BCUT2D eigenvalue weighted by molar-refractivity contribution is -0.137. The van der Waals surface area contributed by atoms with E-state index in [4.69, 9.17) is 4.74 Å². The van der Waals surface area contributed by atoms with Crippen molar-refractivity contribution in [2.75, 3.05) is 25.7 Å². The van der Waals surface area contributed by atoms with Crippen molar-refractivity contribution in [1.29, 1.82) is 0 Å². The van der Waals surface area contributed by atoms with Crippen LogP contribution in [0.1, 0.15) is 17.2 Å². The molecule has 0 N–H and O–H groups in total. The molecule has 2 aromatic carbocycles. The van der Waals surface area contributed by atoms with Gasteiger partial charge in [-0.15, -0.1) is 11.8 Å². The van der Waals surface area contributed by atoms with Gasteiger partial charge in [-0.1, -0.05) is 36.4 Å². The number of hydrogen-bond donors (Lipinski definition) is 0. The molecule has 24 heavy (non-hydrogen) atoms. The number of esters is 1. The SMILES string of the molecule is COC(=O)CSCCC(Sc1cccc(OC)c1)c1ccccc1. The largest absolute Gasteiger partial charge is 0.497 e. The second kappa shape index (κ2) is 10.3. The van der Waals surface area contributed by atoms with Gasteiger partial charge in [-0.05, 0) is 35.9 Å². The molecular formula is C19H22O3S2. The number of methoxy groups -OCH3 is 2. The quantitative estimate of drug-likeness (QED) is 0.363. The Morgan fingerprint density at radius 1 is 1.08 bits per heavy atom. The van der Waals surface area contributed by atoms with E-state index in [2.05, 4.69) is 41.1 Å². The molecule has 5 heteroatoms. The Kier molecular flexibility index (Phi) is 8.05. The summed E-state index contributed by atoms with van der Waals surface area (Å²) in [6.07, 6.45) is 0.980. The highest BCUT2D eigenvalue weighted by Gasteiger charge is 2.14. The van der Waals surface area contributed by atoms with Crippen LogP contribution in [0.5, 0.6) is 5.75 Å². The van der Waals surface area contributed by atoms with Crippen molar-refractivity contribution >= 4 is 29.5 Å². The van der Waals surface area contributed by atoms with Gasteiger partial charge in [0.2, 0.25) is 0 Å². The summed E-state index contributed by atoms with van der Waals surface area (Å²) in [6, 6.07) is 18.6. The lowest BCUT2D eigenvalue weighted by Crippen LogP contribution is -2.04. The second-order valence-corrected chi connectivity index (χ2v) is 7.49. The fourth-order valence-electron chi connectivity index (χ4n) is 2.20. The van der Waals surface area contributed by atoms with Crippen LogP contribution < -0.4 is 4.74 Å². The summed E-state index contributed by atoms with van der Waals surface area (Å²) in [5, 5.41) is 0.337. The first-order valence-corrected chi connectivity index (χ1v) is 9.76. The van der Waals surface area contributed by atoms with Gasteiger partial charge < -0.3 is 9.47 Å². The van der Waals surface area contributed by atoms with Crippen molar-refractivity contribution in [3.8, 4) is 5.75 Å². The Morgan fingerprint density at radius 2 is 1.88 bits per heavy atom. The third kappa shape index (κ3) is 6.13. The molecule has 3 nitrogen and oxygen atoms in total. The molecule has 0 heterocycles. The van der Waals surface area contributed by atoms with Gasteiger partial charge in [-0.3, -0.25) is 4.79 Å². The van der Waals surface area contributed by atoms with E-state index in [-0.39, 0.29) is 5.97 Å². The van der Waals surface area contributed by atoms with Crippen LogP contribution in [0.15, 0.2) is 59.5 Å². The zero-order chi connectivity index (χ0) is 17.2. The highest BCUT2D eigenvalue weighted by atomic mass is 32.2. The van der Waals surface area contributed by atoms with Gasteiger partial charge in [0.1, 0.15) is 5.75 Å². The first-order chi connectivity index (χ1) is 11.7. The summed E-state index contributed by atoms with van der Waals surface area (Å²) in [6.45, 7) is 0. The predicted octanol–water partition coefficient (Wildman–Crippen LogP) is 4.82. The van der Waals surface area contributed by atoms with E-state index < -0.39 is 0 Å². The van der Waals surface area contributed by atoms with Gasteiger partial charge in [-0.25, -0.2) is 0 Å². The molecule has 0 aromatic heterocycles. The van der Waals surface area contributed by atoms with Crippen molar-refractivity contribution in [3.63, 3.8) is 0 Å². The fourth-order valence-corrected chi connectivity index (χ4v) is 4.38. The van der Waals surface area contributed by atoms with Crippen molar-refractivity contribution in [3.05, 3.63) is 60.2 Å². The Bertz CT molecular complexity index is 632. The minimum Gasteiger partial charge on any atom is -0.497 e. The summed E-state index contributed by atoms with van der Waals surface area (Å²) in [7, 11) is 3.11. The second-order valence-electron chi connectivity index (χ2n) is 5.11. The van der Waals surface area contributed by atoms with Crippen molar-refractivity contribution in [2.45, 2.75) is 16.6 Å². The maximum atomic E-state index is 11.2. The summed E-state index contributed by atoms with van der Waals surface area (Å²) in [4.78, 5) is 12.4. The van der Waals surface area contributed by atoms with Crippen LogP contribution in [0.3, 0.4) is 0 Å². The number of carbonyl (C=O) groups is 1. The number of hydrogen-bond acceptors (Lipinski definition) is 5. The number of rotatable bonds is 9. The molecule has 2 rings (SSSR count). The molecular weight excluding hydrogens is 340 g/mol. The van der Waals surface area contributed by atoms with E-state index in [9.17, 15) is 4.79 Å². The van der Waals surface area contributed by atoms with Gasteiger partial charge in [0, 0.05) is 10.1 Å². The normalized spacial score (nSPS) is 11.8. The van der Waals surface area contributed by atoms with Crippen LogP contribution in [0, 0.1) is 0 Å². The van der Waals surface area contributed by atoms with E-state index in [0.29, 0.717) is 11.0 Å². The standard InChI is InChI=1S/C19H22O3S2/c1-21-16-9-6-10-17(13-16)24-18(15-7-4-3-5-8-15)11-12-23-14-19(20)22-2/h3-10,13,18H,11-12,14H2,1-2H3. The highest BCUT2D eigenvalue weighted by molar-refractivity contribution is 8.00. The van der Waals surface area contributed by atoms with Gasteiger partial charge in [0.25, 0.3) is 0 Å². The Hall–Kier alpha value is -1.59. The molecule has 1 atom stereocenters. The van der Waals surface area contributed by atoms with E-state index in [1.165, 1.54) is 17.6 Å². The van der Waals surface area contributed by atoms with Crippen molar-refractivity contribution < 1.29 is 14.3 Å². The molecule has 128 valence electrons. The van der Waals surface area contributed by atoms with Gasteiger partial charge in [0.05, 0.1) is 20.0 Å². The topological polar surface area (TPSA) is 35.5 Å². The Morgan fingerprint density at radius 3 is 2.58 bits per heavy atom. The first-order valence-electron chi connectivity index (χ1n) is 7.73. The molecule has 0 aliphatic carbocycles. The zero-order valence-electron chi connectivity index (χ0n) is 13.9. The van der Waals surface area contributed by atoms with Crippen LogP contribution in [0.2, 0.25) is 0 Å². The summed E-state index contributed by atoms with van der Waals surface area (Å²) < 4.78 is 9.99. The third-order valence-corrected chi connectivity index (χ3v) is 5.75. The van der Waals surface area contributed by atoms with E-state index in [0.717, 1.165) is 17.9 Å². The molecule has 0 aliphatic rings. The van der Waals surface area contributed by atoms with Crippen LogP contribution in [0.4, 0.5) is 0 Å². The Labute approximate surface area is 152 Å². The lowest BCUT2D eigenvalue weighted by atomic mass is 10.1. The molecule has 0 aliphatic heterocycles. The monoisotopic (exact) mass is 362 g/mol. The highest BCUT2D eigenvalue weighted by Crippen LogP contribution is 2.39. The van der Waals surface area contributed by atoms with Gasteiger partial charge in [0.15, 0.2) is 0 Å². The van der Waals surface area contributed by atoms with Crippen LogP contribution in [-0.2, 0) is 9.53 Å².